The van der Waals surface area contributed by atoms with Gasteiger partial charge < -0.3 is 19.8 Å². The SMILES string of the molecule is COC(=O)c1c(C)[nH]c(C(=O)OCC(=O)NC(=O)NCC(C)C)c1C. The molecule has 0 spiro atoms. The van der Waals surface area contributed by atoms with Crippen LogP contribution in [0, 0.1) is 19.8 Å². The number of aromatic nitrogens is 1. The molecule has 1 aromatic heterocycles. The lowest BCUT2D eigenvalue weighted by Crippen LogP contribution is -2.42. The van der Waals surface area contributed by atoms with Gasteiger partial charge in [-0.2, -0.15) is 0 Å². The number of esters is 2. The number of amides is 3. The van der Waals surface area contributed by atoms with Gasteiger partial charge in [0.05, 0.1) is 12.7 Å². The van der Waals surface area contributed by atoms with E-state index in [2.05, 4.69) is 20.4 Å². The molecule has 0 aliphatic rings. The Morgan fingerprint density at radius 2 is 1.76 bits per heavy atom. The molecule has 3 N–H and O–H groups in total. The number of urea groups is 1. The highest BCUT2D eigenvalue weighted by atomic mass is 16.5. The van der Waals surface area contributed by atoms with Gasteiger partial charge in [-0.15, -0.1) is 0 Å². The van der Waals surface area contributed by atoms with Crippen molar-refractivity contribution < 1.29 is 28.7 Å². The van der Waals surface area contributed by atoms with Crippen molar-refractivity contribution >= 4 is 23.9 Å². The van der Waals surface area contributed by atoms with Crippen LogP contribution in [0.1, 0.15) is 46.0 Å². The van der Waals surface area contributed by atoms with E-state index < -0.39 is 30.5 Å². The summed E-state index contributed by atoms with van der Waals surface area (Å²) >= 11 is 0. The molecule has 138 valence electrons. The number of rotatable bonds is 6. The maximum Gasteiger partial charge on any atom is 0.355 e. The van der Waals surface area contributed by atoms with Crippen LogP contribution < -0.4 is 10.6 Å². The normalized spacial score (nSPS) is 10.3. The van der Waals surface area contributed by atoms with Crippen LogP contribution in [0.5, 0.6) is 0 Å². The van der Waals surface area contributed by atoms with E-state index in [1.807, 2.05) is 13.8 Å². The molecule has 0 atom stereocenters. The minimum atomic E-state index is -0.812. The lowest BCUT2D eigenvalue weighted by Gasteiger charge is -2.09. The number of aryl methyl sites for hydroxylation is 1. The lowest BCUT2D eigenvalue weighted by molar-refractivity contribution is -0.123. The van der Waals surface area contributed by atoms with Gasteiger partial charge in [-0.1, -0.05) is 13.8 Å². The van der Waals surface area contributed by atoms with Gasteiger partial charge in [0.1, 0.15) is 5.69 Å². The number of carbonyl (C=O) groups is 4. The van der Waals surface area contributed by atoms with Crippen LogP contribution in [0.15, 0.2) is 0 Å². The van der Waals surface area contributed by atoms with E-state index in [9.17, 15) is 19.2 Å². The Hall–Kier alpha value is -2.84. The minimum absolute atomic E-state index is 0.0509. The molecule has 9 heteroatoms. The monoisotopic (exact) mass is 353 g/mol. The summed E-state index contributed by atoms with van der Waals surface area (Å²) in [5.41, 5.74) is 1.11. The highest BCUT2D eigenvalue weighted by Crippen LogP contribution is 2.19. The van der Waals surface area contributed by atoms with Crippen molar-refractivity contribution in [2.24, 2.45) is 5.92 Å². The summed E-state index contributed by atoms with van der Waals surface area (Å²) in [5.74, 6) is -1.91. The van der Waals surface area contributed by atoms with E-state index >= 15 is 0 Å². The number of methoxy groups -OCH3 is 1. The number of ether oxygens (including phenoxy) is 2. The van der Waals surface area contributed by atoms with E-state index in [4.69, 9.17) is 4.74 Å². The van der Waals surface area contributed by atoms with Gasteiger partial charge in [0.2, 0.25) is 0 Å². The zero-order valence-corrected chi connectivity index (χ0v) is 14.9. The molecular formula is C16H23N3O6. The second-order valence-electron chi connectivity index (χ2n) is 5.84. The first-order valence-electron chi connectivity index (χ1n) is 7.69. The lowest BCUT2D eigenvalue weighted by atomic mass is 10.1. The Kier molecular flexibility index (Phi) is 7.16. The third-order valence-electron chi connectivity index (χ3n) is 3.29. The van der Waals surface area contributed by atoms with Gasteiger partial charge in [-0.05, 0) is 25.3 Å². The highest BCUT2D eigenvalue weighted by molar-refractivity contribution is 6.00. The molecule has 0 aromatic carbocycles. The van der Waals surface area contributed by atoms with Gasteiger partial charge in [0, 0.05) is 12.2 Å². The highest BCUT2D eigenvalue weighted by Gasteiger charge is 2.24. The van der Waals surface area contributed by atoms with Gasteiger partial charge >= 0.3 is 18.0 Å². The molecule has 9 nitrogen and oxygen atoms in total. The minimum Gasteiger partial charge on any atom is -0.465 e. The van der Waals surface area contributed by atoms with Crippen molar-refractivity contribution in [3.05, 3.63) is 22.5 Å². The number of carbonyl (C=O) groups excluding carboxylic acids is 4. The smallest absolute Gasteiger partial charge is 0.355 e. The predicted octanol–water partition coefficient (Wildman–Crippen LogP) is 1.06. The molecule has 0 saturated carbocycles. The first-order valence-corrected chi connectivity index (χ1v) is 7.69. The first kappa shape index (κ1) is 20.2. The maximum absolute atomic E-state index is 12.1. The quantitative estimate of drug-likeness (QED) is 0.656. The number of hydrogen-bond donors (Lipinski definition) is 3. The number of aromatic amines is 1. The standard InChI is InChI=1S/C16H23N3O6/c1-8(2)6-17-16(23)19-11(20)7-25-15(22)13-9(3)12(10(4)18-13)14(21)24-5/h8,18H,6-7H2,1-5H3,(H2,17,19,20,23). The topological polar surface area (TPSA) is 127 Å². The Bertz CT molecular complexity index is 678. The van der Waals surface area contributed by atoms with Gasteiger partial charge in [0.15, 0.2) is 6.61 Å². The van der Waals surface area contributed by atoms with E-state index in [-0.39, 0.29) is 17.2 Å². The fourth-order valence-corrected chi connectivity index (χ4v) is 2.07. The molecule has 0 aliphatic carbocycles. The fraction of sp³-hybridized carbons (Fsp3) is 0.500. The number of nitrogens with one attached hydrogen (secondary N) is 3. The van der Waals surface area contributed by atoms with Crippen molar-refractivity contribution in [1.82, 2.24) is 15.6 Å². The second-order valence-corrected chi connectivity index (χ2v) is 5.84. The Morgan fingerprint density at radius 1 is 1.12 bits per heavy atom. The largest absolute Gasteiger partial charge is 0.465 e. The Labute approximate surface area is 145 Å². The zero-order chi connectivity index (χ0) is 19.1. The maximum atomic E-state index is 12.1. The van der Waals surface area contributed by atoms with Gasteiger partial charge in [-0.3, -0.25) is 10.1 Å². The molecule has 0 saturated heterocycles. The average molecular weight is 353 g/mol. The van der Waals surface area contributed by atoms with Crippen LogP contribution >= 0.6 is 0 Å². The van der Waals surface area contributed by atoms with Crippen LogP contribution in [0.4, 0.5) is 4.79 Å². The molecule has 1 heterocycles. The predicted molar refractivity (Wildman–Crippen MR) is 88.3 cm³/mol. The summed E-state index contributed by atoms with van der Waals surface area (Å²) in [6, 6.07) is -0.658. The van der Waals surface area contributed by atoms with Crippen LogP contribution in [-0.4, -0.2) is 49.1 Å². The molecular weight excluding hydrogens is 330 g/mol. The summed E-state index contributed by atoms with van der Waals surface area (Å²) in [4.78, 5) is 49.5. The summed E-state index contributed by atoms with van der Waals surface area (Å²) < 4.78 is 9.52. The summed E-state index contributed by atoms with van der Waals surface area (Å²) in [7, 11) is 1.24. The number of hydrogen-bond acceptors (Lipinski definition) is 6. The van der Waals surface area contributed by atoms with Crippen molar-refractivity contribution in [2.45, 2.75) is 27.7 Å². The summed E-state index contributed by atoms with van der Waals surface area (Å²) in [5, 5.41) is 4.55. The van der Waals surface area contributed by atoms with Crippen LogP contribution in [0.2, 0.25) is 0 Å². The zero-order valence-electron chi connectivity index (χ0n) is 14.9. The van der Waals surface area contributed by atoms with Gasteiger partial charge in [-0.25, -0.2) is 14.4 Å². The molecule has 0 radical (unpaired) electrons. The number of imide groups is 1. The molecule has 0 fully saturated rings. The molecule has 1 aromatic rings. The molecule has 0 aliphatic heterocycles. The van der Waals surface area contributed by atoms with Crippen molar-refractivity contribution in [3.8, 4) is 0 Å². The second kappa shape index (κ2) is 8.86. The third kappa shape index (κ3) is 5.63. The van der Waals surface area contributed by atoms with E-state index in [1.54, 1.807) is 13.8 Å². The van der Waals surface area contributed by atoms with Crippen molar-refractivity contribution in [1.29, 1.82) is 0 Å². The first-order chi connectivity index (χ1) is 11.7. The van der Waals surface area contributed by atoms with E-state index in [0.717, 1.165) is 0 Å². The van der Waals surface area contributed by atoms with Crippen LogP contribution in [-0.2, 0) is 14.3 Å². The Balaban J connectivity index is 2.61. The average Bonchev–Trinajstić information content (AvgIpc) is 2.84. The third-order valence-corrected chi connectivity index (χ3v) is 3.29. The van der Waals surface area contributed by atoms with Crippen molar-refractivity contribution in [2.75, 3.05) is 20.3 Å². The molecule has 25 heavy (non-hydrogen) atoms. The summed E-state index contributed by atoms with van der Waals surface area (Å²) in [6.45, 7) is 6.78. The van der Waals surface area contributed by atoms with Crippen LogP contribution in [0.3, 0.4) is 0 Å². The number of H-pyrrole nitrogens is 1. The van der Waals surface area contributed by atoms with Gasteiger partial charge in [0.25, 0.3) is 5.91 Å². The molecule has 1 rings (SSSR count). The summed E-state index contributed by atoms with van der Waals surface area (Å²) in [6.07, 6.45) is 0. The molecule has 3 amide bonds. The fourth-order valence-electron chi connectivity index (χ4n) is 2.07. The molecule has 0 unspecified atom stereocenters. The van der Waals surface area contributed by atoms with Crippen molar-refractivity contribution in [3.63, 3.8) is 0 Å². The van der Waals surface area contributed by atoms with E-state index in [0.29, 0.717) is 17.8 Å². The van der Waals surface area contributed by atoms with E-state index in [1.165, 1.54) is 7.11 Å². The molecule has 0 bridgehead atoms. The van der Waals surface area contributed by atoms with Crippen LogP contribution in [0.25, 0.3) is 0 Å². The Morgan fingerprint density at radius 3 is 2.32 bits per heavy atom.